The van der Waals surface area contributed by atoms with Crippen LogP contribution in [0.3, 0.4) is 0 Å². The van der Waals surface area contributed by atoms with E-state index in [1.54, 1.807) is 33.9 Å². The molecule has 1 aliphatic carbocycles. The third-order valence-corrected chi connectivity index (χ3v) is 4.08. The minimum absolute atomic E-state index is 0.0741. The van der Waals surface area contributed by atoms with Crippen LogP contribution in [-0.4, -0.2) is 34.9 Å². The van der Waals surface area contributed by atoms with Crippen molar-refractivity contribution in [3.8, 4) is 0 Å². The molecule has 0 aliphatic heterocycles. The van der Waals surface area contributed by atoms with Crippen LogP contribution in [0.2, 0.25) is 0 Å². The summed E-state index contributed by atoms with van der Waals surface area (Å²) in [6.45, 7) is 5.41. The lowest BCUT2D eigenvalue weighted by Crippen LogP contribution is -2.33. The SMILES string of the molecule is CN(Cc1nc2c(F)c3c(cc2o1)CC(C=O)C3)C(=O)OC(C)(C)C. The number of rotatable bonds is 3. The largest absolute Gasteiger partial charge is 0.444 e. The summed E-state index contributed by atoms with van der Waals surface area (Å²) in [7, 11) is 1.56. The standard InChI is InChI=1S/C18H21FN2O4/c1-18(2,3)25-17(23)21(4)8-14-20-16-13(24-14)7-11-5-10(9-22)6-12(11)15(16)19/h7,9-10H,5-6,8H2,1-4H3. The first-order chi connectivity index (χ1) is 11.7. The van der Waals surface area contributed by atoms with Crippen molar-refractivity contribution in [1.29, 1.82) is 0 Å². The van der Waals surface area contributed by atoms with Crippen molar-refractivity contribution >= 4 is 23.5 Å². The van der Waals surface area contributed by atoms with E-state index >= 15 is 0 Å². The highest BCUT2D eigenvalue weighted by atomic mass is 19.1. The fourth-order valence-electron chi connectivity index (χ4n) is 2.95. The van der Waals surface area contributed by atoms with Crippen LogP contribution in [0.5, 0.6) is 0 Å². The molecular formula is C18H21FN2O4. The Morgan fingerprint density at radius 2 is 2.20 bits per heavy atom. The molecule has 0 saturated heterocycles. The van der Waals surface area contributed by atoms with E-state index in [2.05, 4.69) is 4.98 Å². The minimum Gasteiger partial charge on any atom is -0.444 e. The van der Waals surface area contributed by atoms with Gasteiger partial charge in [0.2, 0.25) is 5.89 Å². The molecule has 2 aromatic rings. The number of halogens is 1. The molecule has 0 N–H and O–H groups in total. The van der Waals surface area contributed by atoms with Gasteiger partial charge >= 0.3 is 6.09 Å². The molecule has 0 fully saturated rings. The van der Waals surface area contributed by atoms with Crippen LogP contribution < -0.4 is 0 Å². The maximum absolute atomic E-state index is 14.7. The van der Waals surface area contributed by atoms with E-state index in [1.807, 2.05) is 0 Å². The minimum atomic E-state index is -0.602. The van der Waals surface area contributed by atoms with E-state index in [4.69, 9.17) is 9.15 Å². The zero-order valence-corrected chi connectivity index (χ0v) is 14.8. The average Bonchev–Trinajstić information content (AvgIpc) is 3.09. The number of oxazole rings is 1. The van der Waals surface area contributed by atoms with Crippen LogP contribution in [0.25, 0.3) is 11.1 Å². The van der Waals surface area contributed by atoms with Gasteiger partial charge in [0.25, 0.3) is 0 Å². The van der Waals surface area contributed by atoms with Gasteiger partial charge in [0, 0.05) is 13.0 Å². The Balaban J connectivity index is 1.82. The van der Waals surface area contributed by atoms with E-state index in [0.717, 1.165) is 11.8 Å². The summed E-state index contributed by atoms with van der Waals surface area (Å²) < 4.78 is 25.5. The second-order valence-corrected chi connectivity index (χ2v) is 7.42. The zero-order valence-electron chi connectivity index (χ0n) is 14.8. The van der Waals surface area contributed by atoms with Gasteiger partial charge in [-0.15, -0.1) is 0 Å². The molecule has 0 radical (unpaired) electrons. The summed E-state index contributed by atoms with van der Waals surface area (Å²) >= 11 is 0. The summed E-state index contributed by atoms with van der Waals surface area (Å²) in [5, 5.41) is 0. The molecule has 1 atom stereocenters. The van der Waals surface area contributed by atoms with Gasteiger partial charge in [-0.3, -0.25) is 0 Å². The number of nitrogens with zero attached hydrogens (tertiary/aromatic N) is 2. The molecule has 25 heavy (non-hydrogen) atoms. The number of carbonyl (C=O) groups is 2. The van der Waals surface area contributed by atoms with E-state index in [9.17, 15) is 14.0 Å². The Labute approximate surface area is 144 Å². The normalized spacial score (nSPS) is 16.8. The number of carbonyl (C=O) groups excluding carboxylic acids is 2. The molecule has 3 rings (SSSR count). The third-order valence-electron chi connectivity index (χ3n) is 4.08. The topological polar surface area (TPSA) is 72.6 Å². The molecule has 0 bridgehead atoms. The molecule has 1 aromatic heterocycles. The molecule has 0 saturated carbocycles. The smallest absolute Gasteiger partial charge is 0.410 e. The van der Waals surface area contributed by atoms with Crippen molar-refractivity contribution in [2.75, 3.05) is 7.05 Å². The Kier molecular flexibility index (Phi) is 4.26. The third kappa shape index (κ3) is 3.50. The number of benzene rings is 1. The van der Waals surface area contributed by atoms with Crippen LogP contribution in [0.1, 0.15) is 37.8 Å². The van der Waals surface area contributed by atoms with Crippen molar-refractivity contribution < 1.29 is 23.1 Å². The molecule has 7 heteroatoms. The quantitative estimate of drug-likeness (QED) is 0.796. The molecule has 6 nitrogen and oxygen atoms in total. The molecule has 1 amide bonds. The highest BCUT2D eigenvalue weighted by Crippen LogP contribution is 2.33. The van der Waals surface area contributed by atoms with E-state index in [-0.39, 0.29) is 23.9 Å². The Hall–Kier alpha value is -2.44. The molecule has 0 spiro atoms. The van der Waals surface area contributed by atoms with E-state index in [1.165, 1.54) is 4.90 Å². The fraction of sp³-hybridized carbons (Fsp3) is 0.500. The lowest BCUT2D eigenvalue weighted by Gasteiger charge is -2.23. The van der Waals surface area contributed by atoms with Gasteiger partial charge in [-0.2, -0.15) is 0 Å². The summed E-state index contributed by atoms with van der Waals surface area (Å²) in [4.78, 5) is 28.5. The Bertz CT molecular complexity index is 838. The van der Waals surface area contributed by atoms with Crippen LogP contribution in [0.15, 0.2) is 10.5 Å². The number of hydrogen-bond donors (Lipinski definition) is 0. The Morgan fingerprint density at radius 1 is 1.48 bits per heavy atom. The first-order valence-corrected chi connectivity index (χ1v) is 8.17. The number of aldehydes is 1. The van der Waals surface area contributed by atoms with Crippen LogP contribution in [0.4, 0.5) is 9.18 Å². The van der Waals surface area contributed by atoms with Crippen molar-refractivity contribution in [3.63, 3.8) is 0 Å². The van der Waals surface area contributed by atoms with Crippen molar-refractivity contribution in [3.05, 3.63) is 28.9 Å². The summed E-state index contributed by atoms with van der Waals surface area (Å²) in [6, 6.07) is 1.74. The van der Waals surface area contributed by atoms with Crippen LogP contribution >= 0.6 is 0 Å². The van der Waals surface area contributed by atoms with Crippen molar-refractivity contribution in [1.82, 2.24) is 9.88 Å². The van der Waals surface area contributed by atoms with Gasteiger partial charge in [0.15, 0.2) is 11.4 Å². The van der Waals surface area contributed by atoms with Crippen molar-refractivity contribution in [2.24, 2.45) is 5.92 Å². The summed E-state index contributed by atoms with van der Waals surface area (Å²) in [6.07, 6.45) is 1.25. The molecule has 1 heterocycles. The van der Waals surface area contributed by atoms with E-state index in [0.29, 0.717) is 24.0 Å². The maximum atomic E-state index is 14.7. The second-order valence-electron chi connectivity index (χ2n) is 7.42. The summed E-state index contributed by atoms with van der Waals surface area (Å²) in [5.41, 5.74) is 1.18. The number of aromatic nitrogens is 1. The number of amides is 1. The summed E-state index contributed by atoms with van der Waals surface area (Å²) in [5.74, 6) is -0.390. The van der Waals surface area contributed by atoms with Gasteiger partial charge in [0.1, 0.15) is 23.9 Å². The predicted molar refractivity (Wildman–Crippen MR) is 88.6 cm³/mol. The lowest BCUT2D eigenvalue weighted by atomic mass is 10.1. The van der Waals surface area contributed by atoms with Crippen molar-refractivity contribution in [2.45, 2.75) is 45.8 Å². The van der Waals surface area contributed by atoms with Crippen LogP contribution in [-0.2, 0) is 28.9 Å². The second kappa shape index (κ2) is 6.13. The van der Waals surface area contributed by atoms with Gasteiger partial charge in [-0.1, -0.05) is 0 Å². The Morgan fingerprint density at radius 3 is 2.84 bits per heavy atom. The lowest BCUT2D eigenvalue weighted by molar-refractivity contribution is -0.110. The first-order valence-electron chi connectivity index (χ1n) is 8.17. The molecule has 1 unspecified atom stereocenters. The number of hydrogen-bond acceptors (Lipinski definition) is 5. The monoisotopic (exact) mass is 348 g/mol. The van der Waals surface area contributed by atoms with Gasteiger partial charge in [0.05, 0.1) is 0 Å². The molecule has 1 aromatic carbocycles. The number of ether oxygens (including phenoxy) is 1. The number of fused-ring (bicyclic) bond motifs is 2. The highest BCUT2D eigenvalue weighted by molar-refractivity contribution is 5.77. The van der Waals surface area contributed by atoms with Crippen LogP contribution in [0, 0.1) is 11.7 Å². The molecule has 1 aliphatic rings. The van der Waals surface area contributed by atoms with E-state index < -0.39 is 17.5 Å². The molecular weight excluding hydrogens is 327 g/mol. The molecule has 134 valence electrons. The van der Waals surface area contributed by atoms with Gasteiger partial charge in [-0.25, -0.2) is 14.2 Å². The average molecular weight is 348 g/mol. The fourth-order valence-corrected chi connectivity index (χ4v) is 2.95. The predicted octanol–water partition coefficient (Wildman–Crippen LogP) is 3.25. The zero-order chi connectivity index (χ0) is 18.4. The maximum Gasteiger partial charge on any atom is 0.410 e. The first kappa shape index (κ1) is 17.4. The van der Waals surface area contributed by atoms with Gasteiger partial charge < -0.3 is 18.8 Å². The van der Waals surface area contributed by atoms with Gasteiger partial charge in [-0.05, 0) is 50.8 Å². The highest BCUT2D eigenvalue weighted by Gasteiger charge is 2.28.